The summed E-state index contributed by atoms with van der Waals surface area (Å²) in [6.07, 6.45) is -1.09. The Balaban J connectivity index is 1.91. The minimum absolute atomic E-state index is 0.170. The molecule has 27 heavy (non-hydrogen) atoms. The first-order valence-corrected chi connectivity index (χ1v) is 9.19. The number of nitrogen functional groups attached to an aromatic ring is 1. The van der Waals surface area contributed by atoms with E-state index in [-0.39, 0.29) is 5.82 Å². The van der Waals surface area contributed by atoms with Crippen LogP contribution >= 0.6 is 23.4 Å². The van der Waals surface area contributed by atoms with Crippen LogP contribution in [0, 0.1) is 0 Å². The van der Waals surface area contributed by atoms with Gasteiger partial charge in [0.15, 0.2) is 11.5 Å². The van der Waals surface area contributed by atoms with Crippen molar-refractivity contribution in [2.45, 2.75) is 28.3 Å². The largest absolute Gasteiger partial charge is 0.394 e. The first kappa shape index (κ1) is 18.4. The summed E-state index contributed by atoms with van der Waals surface area (Å²) in [5, 5.41) is 29.7. The van der Waals surface area contributed by atoms with Crippen LogP contribution in [0.2, 0.25) is 5.02 Å². The number of aliphatic hydroxyl groups is 3. The Hall–Kier alpha value is -1.95. The van der Waals surface area contributed by atoms with Gasteiger partial charge in [0.05, 0.1) is 11.6 Å². The fourth-order valence-electron chi connectivity index (χ4n) is 3.02. The molecule has 142 valence electrons. The molecule has 0 spiro atoms. The van der Waals surface area contributed by atoms with Crippen molar-refractivity contribution in [1.29, 1.82) is 0 Å². The molecule has 0 radical (unpaired) electrons. The molecule has 11 heteroatoms. The number of hydrogen-bond donors (Lipinski definition) is 4. The highest BCUT2D eigenvalue weighted by molar-refractivity contribution is 8.00. The lowest BCUT2D eigenvalue weighted by Crippen LogP contribution is -2.43. The number of aromatic nitrogens is 4. The van der Waals surface area contributed by atoms with Gasteiger partial charge in [-0.3, -0.25) is 4.57 Å². The van der Waals surface area contributed by atoms with Gasteiger partial charge in [-0.05, 0) is 12.1 Å². The lowest BCUT2D eigenvalue weighted by Gasteiger charge is -2.33. The molecule has 0 bridgehead atoms. The Morgan fingerprint density at radius 2 is 2.04 bits per heavy atom. The van der Waals surface area contributed by atoms with Crippen LogP contribution in [-0.4, -0.2) is 59.8 Å². The quantitative estimate of drug-likeness (QED) is 0.487. The number of imidazole rings is 1. The molecule has 1 fully saturated rings. The number of aliphatic hydroxyl groups excluding tert-OH is 3. The van der Waals surface area contributed by atoms with E-state index in [1.165, 1.54) is 17.2 Å². The number of ether oxygens (including phenoxy) is 1. The second-order valence-electron chi connectivity index (χ2n) is 5.98. The molecule has 2 aromatic heterocycles. The molecular weight excluding hydrogens is 394 g/mol. The number of thioether (sulfide) groups is 1. The van der Waals surface area contributed by atoms with Crippen LogP contribution in [0.5, 0.6) is 0 Å². The van der Waals surface area contributed by atoms with Gasteiger partial charge in [-0.15, -0.1) is 0 Å². The molecule has 0 saturated carbocycles. The molecule has 1 aliphatic heterocycles. The van der Waals surface area contributed by atoms with E-state index in [1.54, 1.807) is 24.3 Å². The lowest BCUT2D eigenvalue weighted by molar-refractivity contribution is -0.0776. The number of nitrogens with two attached hydrogens (primary N) is 1. The van der Waals surface area contributed by atoms with Gasteiger partial charge in [-0.1, -0.05) is 35.5 Å². The first-order chi connectivity index (χ1) is 13.0. The van der Waals surface area contributed by atoms with E-state index in [9.17, 15) is 15.3 Å². The van der Waals surface area contributed by atoms with Crippen LogP contribution in [0.4, 0.5) is 5.82 Å². The Bertz CT molecular complexity index is 988. The molecule has 4 atom stereocenters. The van der Waals surface area contributed by atoms with Gasteiger partial charge in [0.1, 0.15) is 36.5 Å². The third kappa shape index (κ3) is 2.85. The van der Waals surface area contributed by atoms with E-state index in [0.717, 1.165) is 11.8 Å². The SMILES string of the molecule is Nc1ncnc2c1ncn2[C@]1(Sc2ccccc2Cl)O[C@H](CO)[C@@H](O)[C@H]1O. The molecule has 4 rings (SSSR count). The molecule has 1 saturated heterocycles. The molecular formula is C16H16ClN5O4S. The highest BCUT2D eigenvalue weighted by Gasteiger charge is 2.57. The predicted octanol–water partition coefficient (Wildman–Crippen LogP) is 0.577. The van der Waals surface area contributed by atoms with Gasteiger partial charge in [-0.2, -0.15) is 0 Å². The highest BCUT2D eigenvalue weighted by Crippen LogP contribution is 2.50. The normalized spacial score (nSPS) is 28.1. The molecule has 9 nitrogen and oxygen atoms in total. The molecule has 5 N–H and O–H groups in total. The van der Waals surface area contributed by atoms with Crippen molar-refractivity contribution in [3.8, 4) is 0 Å². The van der Waals surface area contributed by atoms with Crippen LogP contribution in [0.1, 0.15) is 0 Å². The number of nitrogens with zero attached hydrogens (tertiary/aromatic N) is 4. The summed E-state index contributed by atoms with van der Waals surface area (Å²) >= 11 is 7.36. The third-order valence-corrected chi connectivity index (χ3v) is 6.21. The van der Waals surface area contributed by atoms with Crippen LogP contribution in [-0.2, 0) is 9.79 Å². The number of hydrogen-bond acceptors (Lipinski definition) is 9. The van der Waals surface area contributed by atoms with E-state index >= 15 is 0 Å². The van der Waals surface area contributed by atoms with Crippen LogP contribution in [0.25, 0.3) is 11.2 Å². The fourth-order valence-corrected chi connectivity index (χ4v) is 4.56. The maximum absolute atomic E-state index is 10.9. The predicted molar refractivity (Wildman–Crippen MR) is 99.0 cm³/mol. The molecule has 1 aromatic carbocycles. The highest BCUT2D eigenvalue weighted by atomic mass is 35.5. The fraction of sp³-hybridized carbons (Fsp3) is 0.312. The third-order valence-electron chi connectivity index (χ3n) is 4.37. The van der Waals surface area contributed by atoms with Crippen LogP contribution in [0.15, 0.2) is 41.8 Å². The zero-order valence-electron chi connectivity index (χ0n) is 13.8. The van der Waals surface area contributed by atoms with Crippen molar-refractivity contribution in [2.75, 3.05) is 12.3 Å². The molecule has 0 unspecified atom stereocenters. The van der Waals surface area contributed by atoms with Gasteiger partial charge < -0.3 is 25.8 Å². The monoisotopic (exact) mass is 409 g/mol. The van der Waals surface area contributed by atoms with E-state index in [4.69, 9.17) is 22.1 Å². The van der Waals surface area contributed by atoms with Gasteiger partial charge in [0.2, 0.25) is 5.06 Å². The molecule has 3 heterocycles. The maximum atomic E-state index is 10.9. The second kappa shape index (κ2) is 6.89. The van der Waals surface area contributed by atoms with Crippen molar-refractivity contribution in [2.24, 2.45) is 0 Å². The average Bonchev–Trinajstić information content (AvgIpc) is 3.20. The number of benzene rings is 1. The standard InChI is InChI=1S/C16H16ClN5O4S/c17-8-3-1-2-4-10(8)27-16(13(25)12(24)9(5-23)26-16)22-7-21-11-14(18)19-6-20-15(11)22/h1-4,6-7,9,12-13,23-25H,5H2,(H2,18,19,20)/t9-,12-,13-,16+/m1/s1. The lowest BCUT2D eigenvalue weighted by atomic mass is 10.1. The van der Waals surface area contributed by atoms with Gasteiger partial charge in [-0.25, -0.2) is 15.0 Å². The Labute approximate surface area is 162 Å². The molecule has 0 aliphatic carbocycles. The van der Waals surface area contributed by atoms with Crippen molar-refractivity contribution >= 4 is 40.3 Å². The summed E-state index contributed by atoms with van der Waals surface area (Å²) in [4.78, 5) is 12.9. The molecule has 3 aromatic rings. The second-order valence-corrected chi connectivity index (χ2v) is 7.62. The van der Waals surface area contributed by atoms with Crippen molar-refractivity contribution in [3.63, 3.8) is 0 Å². The summed E-state index contributed by atoms with van der Waals surface area (Å²) in [7, 11) is 0. The summed E-state index contributed by atoms with van der Waals surface area (Å²) in [5.74, 6) is 0.170. The number of rotatable bonds is 4. The smallest absolute Gasteiger partial charge is 0.230 e. The Morgan fingerprint density at radius 1 is 1.26 bits per heavy atom. The van der Waals surface area contributed by atoms with Crippen molar-refractivity contribution in [1.82, 2.24) is 19.5 Å². The van der Waals surface area contributed by atoms with Gasteiger partial charge in [0.25, 0.3) is 0 Å². The minimum Gasteiger partial charge on any atom is -0.394 e. The Morgan fingerprint density at radius 3 is 2.74 bits per heavy atom. The summed E-state index contributed by atoms with van der Waals surface area (Å²) in [6.45, 7) is -0.479. The summed E-state index contributed by atoms with van der Waals surface area (Å²) in [6, 6.07) is 7.02. The molecule has 1 aliphatic rings. The first-order valence-electron chi connectivity index (χ1n) is 8.00. The summed E-state index contributed by atoms with van der Waals surface area (Å²) < 4.78 is 7.42. The van der Waals surface area contributed by atoms with E-state index in [1.807, 2.05) is 0 Å². The van der Waals surface area contributed by atoms with Crippen LogP contribution in [0.3, 0.4) is 0 Å². The van der Waals surface area contributed by atoms with Crippen molar-refractivity contribution < 1.29 is 20.1 Å². The van der Waals surface area contributed by atoms with Crippen LogP contribution < -0.4 is 5.73 Å². The maximum Gasteiger partial charge on any atom is 0.230 e. The van der Waals surface area contributed by atoms with E-state index < -0.39 is 30.0 Å². The van der Waals surface area contributed by atoms with E-state index in [0.29, 0.717) is 21.1 Å². The Kier molecular flexibility index (Phi) is 4.70. The number of anilines is 1. The number of fused-ring (bicyclic) bond motifs is 1. The molecule has 0 amide bonds. The van der Waals surface area contributed by atoms with Gasteiger partial charge >= 0.3 is 0 Å². The van der Waals surface area contributed by atoms with E-state index in [2.05, 4.69) is 15.0 Å². The topological polar surface area (TPSA) is 140 Å². The summed E-state index contributed by atoms with van der Waals surface area (Å²) in [5.41, 5.74) is 6.50. The minimum atomic E-state index is -1.58. The van der Waals surface area contributed by atoms with Gasteiger partial charge in [0, 0.05) is 4.90 Å². The average molecular weight is 410 g/mol. The zero-order valence-corrected chi connectivity index (χ0v) is 15.4. The zero-order chi connectivity index (χ0) is 19.2. The van der Waals surface area contributed by atoms with Crippen molar-refractivity contribution in [3.05, 3.63) is 41.9 Å². The number of halogens is 1.